The number of rotatable bonds is 6. The molecule has 116 valence electrons. The van der Waals surface area contributed by atoms with E-state index in [1.54, 1.807) is 6.92 Å². The van der Waals surface area contributed by atoms with E-state index in [1.807, 2.05) is 13.8 Å². The van der Waals surface area contributed by atoms with Gasteiger partial charge < -0.3 is 10.4 Å². The normalized spacial score (nSPS) is 13.8. The standard InChI is InChI=1S/C14H19FN2O4/c1-9(2)7-14(3,19)8-16-13(18)11-6-10(15)4-5-12(11)17(20)21/h4-6,9,19H,7-8H2,1-3H3,(H,16,18). The SMILES string of the molecule is CC(C)CC(C)(O)CNC(=O)c1cc(F)ccc1[N+](=O)[O-]. The molecule has 6 nitrogen and oxygen atoms in total. The zero-order chi connectivity index (χ0) is 16.2. The van der Waals surface area contributed by atoms with Crippen molar-refractivity contribution in [2.75, 3.05) is 6.54 Å². The summed E-state index contributed by atoms with van der Waals surface area (Å²) in [5.41, 5.74) is -1.97. The number of nitro groups is 1. The molecule has 0 aromatic heterocycles. The molecule has 1 aromatic rings. The molecule has 0 spiro atoms. The van der Waals surface area contributed by atoms with E-state index in [0.29, 0.717) is 6.42 Å². The Hall–Kier alpha value is -2.02. The molecule has 0 aliphatic heterocycles. The average molecular weight is 298 g/mol. The van der Waals surface area contributed by atoms with E-state index in [9.17, 15) is 24.4 Å². The van der Waals surface area contributed by atoms with Crippen molar-refractivity contribution < 1.29 is 19.2 Å². The Morgan fingerprint density at radius 2 is 2.14 bits per heavy atom. The number of amides is 1. The highest BCUT2D eigenvalue weighted by molar-refractivity contribution is 5.98. The first-order valence-corrected chi connectivity index (χ1v) is 6.57. The Kier molecular flexibility index (Phi) is 5.37. The zero-order valence-electron chi connectivity index (χ0n) is 12.2. The van der Waals surface area contributed by atoms with Crippen LogP contribution in [0.15, 0.2) is 18.2 Å². The van der Waals surface area contributed by atoms with E-state index in [1.165, 1.54) is 0 Å². The maximum Gasteiger partial charge on any atom is 0.282 e. The molecule has 0 aliphatic rings. The molecule has 1 rings (SSSR count). The van der Waals surface area contributed by atoms with Crippen molar-refractivity contribution in [2.24, 2.45) is 5.92 Å². The van der Waals surface area contributed by atoms with E-state index < -0.39 is 27.9 Å². The van der Waals surface area contributed by atoms with Crippen LogP contribution in [-0.4, -0.2) is 28.1 Å². The van der Waals surface area contributed by atoms with E-state index in [-0.39, 0.29) is 18.0 Å². The number of carbonyl (C=O) groups is 1. The van der Waals surface area contributed by atoms with E-state index in [2.05, 4.69) is 5.32 Å². The number of nitrogens with zero attached hydrogens (tertiary/aromatic N) is 1. The summed E-state index contributed by atoms with van der Waals surface area (Å²) in [6.07, 6.45) is 0.457. The third kappa shape index (κ3) is 5.11. The third-order valence-electron chi connectivity index (χ3n) is 2.88. The number of hydrogen-bond donors (Lipinski definition) is 2. The van der Waals surface area contributed by atoms with Crippen LogP contribution in [0.3, 0.4) is 0 Å². The molecule has 1 unspecified atom stereocenters. The Bertz CT molecular complexity index is 544. The topological polar surface area (TPSA) is 92.5 Å². The molecule has 1 amide bonds. The smallest absolute Gasteiger partial charge is 0.282 e. The van der Waals surface area contributed by atoms with E-state index in [4.69, 9.17) is 0 Å². The second-order valence-corrected chi connectivity index (χ2v) is 5.70. The Morgan fingerprint density at radius 3 is 2.67 bits per heavy atom. The summed E-state index contributed by atoms with van der Waals surface area (Å²) in [4.78, 5) is 22.0. The number of aliphatic hydroxyl groups is 1. The van der Waals surface area contributed by atoms with Gasteiger partial charge in [0.05, 0.1) is 10.5 Å². The molecule has 0 bridgehead atoms. The molecule has 7 heteroatoms. The predicted octanol–water partition coefficient (Wildman–Crippen LogP) is 2.26. The lowest BCUT2D eigenvalue weighted by Crippen LogP contribution is -2.41. The van der Waals surface area contributed by atoms with Gasteiger partial charge in [0.2, 0.25) is 0 Å². The van der Waals surface area contributed by atoms with Crippen LogP contribution in [0.1, 0.15) is 37.6 Å². The van der Waals surface area contributed by atoms with Crippen molar-refractivity contribution in [1.29, 1.82) is 0 Å². The molecular weight excluding hydrogens is 279 g/mol. The molecule has 0 radical (unpaired) electrons. The second-order valence-electron chi connectivity index (χ2n) is 5.70. The Balaban J connectivity index is 2.85. The van der Waals surface area contributed by atoms with Gasteiger partial charge in [0.15, 0.2) is 0 Å². The number of carbonyl (C=O) groups excluding carboxylic acids is 1. The fourth-order valence-corrected chi connectivity index (χ4v) is 2.17. The lowest BCUT2D eigenvalue weighted by Gasteiger charge is -2.25. The van der Waals surface area contributed by atoms with Gasteiger partial charge in [-0.15, -0.1) is 0 Å². The summed E-state index contributed by atoms with van der Waals surface area (Å²) < 4.78 is 13.2. The quantitative estimate of drug-likeness (QED) is 0.622. The minimum atomic E-state index is -1.13. The van der Waals surface area contributed by atoms with Crippen molar-refractivity contribution in [2.45, 2.75) is 32.8 Å². The van der Waals surface area contributed by atoms with E-state index >= 15 is 0 Å². The van der Waals surface area contributed by atoms with Gasteiger partial charge in [0.1, 0.15) is 11.4 Å². The van der Waals surface area contributed by atoms with Gasteiger partial charge in [0.25, 0.3) is 11.6 Å². The minimum Gasteiger partial charge on any atom is -0.388 e. The number of nitrogens with one attached hydrogen (secondary N) is 1. The number of hydrogen-bond acceptors (Lipinski definition) is 4. The summed E-state index contributed by atoms with van der Waals surface area (Å²) in [6, 6.07) is 2.67. The first-order chi connectivity index (χ1) is 9.62. The van der Waals surface area contributed by atoms with Gasteiger partial charge in [-0.1, -0.05) is 13.8 Å². The van der Waals surface area contributed by atoms with Crippen LogP contribution in [0.25, 0.3) is 0 Å². The summed E-state index contributed by atoms with van der Waals surface area (Å²) in [5.74, 6) is -1.30. The van der Waals surface area contributed by atoms with Crippen LogP contribution in [0.5, 0.6) is 0 Å². The first kappa shape index (κ1) is 17.0. The van der Waals surface area contributed by atoms with Crippen molar-refractivity contribution in [3.05, 3.63) is 39.7 Å². The Labute approximate surface area is 122 Å². The van der Waals surface area contributed by atoms with Crippen molar-refractivity contribution >= 4 is 11.6 Å². The molecule has 0 fully saturated rings. The summed E-state index contributed by atoms with van der Waals surface area (Å²) in [7, 11) is 0. The molecule has 0 saturated heterocycles. The van der Waals surface area contributed by atoms with Gasteiger partial charge in [-0.25, -0.2) is 4.39 Å². The maximum atomic E-state index is 13.2. The molecule has 0 heterocycles. The van der Waals surface area contributed by atoms with Gasteiger partial charge >= 0.3 is 0 Å². The first-order valence-electron chi connectivity index (χ1n) is 6.57. The average Bonchev–Trinajstić information content (AvgIpc) is 2.34. The van der Waals surface area contributed by atoms with Crippen molar-refractivity contribution in [1.82, 2.24) is 5.32 Å². The molecule has 1 atom stereocenters. The minimum absolute atomic E-state index is 0.0717. The Morgan fingerprint density at radius 1 is 1.52 bits per heavy atom. The van der Waals surface area contributed by atoms with Crippen LogP contribution in [0.2, 0.25) is 0 Å². The molecule has 0 aliphatic carbocycles. The van der Waals surface area contributed by atoms with Crippen LogP contribution in [0, 0.1) is 21.8 Å². The summed E-state index contributed by atoms with van der Waals surface area (Å²) in [5, 5.41) is 23.3. The molecule has 21 heavy (non-hydrogen) atoms. The van der Waals surface area contributed by atoms with E-state index in [0.717, 1.165) is 18.2 Å². The largest absolute Gasteiger partial charge is 0.388 e. The van der Waals surface area contributed by atoms with Gasteiger partial charge in [-0.2, -0.15) is 0 Å². The number of benzene rings is 1. The predicted molar refractivity (Wildman–Crippen MR) is 75.5 cm³/mol. The summed E-state index contributed by atoms with van der Waals surface area (Å²) in [6.45, 7) is 5.34. The second kappa shape index (κ2) is 6.62. The van der Waals surface area contributed by atoms with Crippen LogP contribution < -0.4 is 5.32 Å². The monoisotopic (exact) mass is 298 g/mol. The molecular formula is C14H19FN2O4. The van der Waals surface area contributed by atoms with Crippen LogP contribution >= 0.6 is 0 Å². The van der Waals surface area contributed by atoms with Gasteiger partial charge in [0, 0.05) is 12.6 Å². The zero-order valence-corrected chi connectivity index (χ0v) is 12.2. The number of halogens is 1. The van der Waals surface area contributed by atoms with Crippen molar-refractivity contribution in [3.8, 4) is 0 Å². The maximum absolute atomic E-state index is 13.2. The molecule has 2 N–H and O–H groups in total. The number of nitro benzene ring substituents is 1. The lowest BCUT2D eigenvalue weighted by molar-refractivity contribution is -0.385. The highest BCUT2D eigenvalue weighted by Gasteiger charge is 2.25. The fraction of sp³-hybridized carbons (Fsp3) is 0.500. The fourth-order valence-electron chi connectivity index (χ4n) is 2.17. The highest BCUT2D eigenvalue weighted by atomic mass is 19.1. The molecule has 1 aromatic carbocycles. The van der Waals surface area contributed by atoms with Crippen LogP contribution in [0.4, 0.5) is 10.1 Å². The third-order valence-corrected chi connectivity index (χ3v) is 2.88. The van der Waals surface area contributed by atoms with Crippen molar-refractivity contribution in [3.63, 3.8) is 0 Å². The van der Waals surface area contributed by atoms with Gasteiger partial charge in [-0.05, 0) is 31.4 Å². The molecule has 0 saturated carbocycles. The lowest BCUT2D eigenvalue weighted by atomic mass is 9.94. The van der Waals surface area contributed by atoms with Gasteiger partial charge in [-0.3, -0.25) is 14.9 Å². The summed E-state index contributed by atoms with van der Waals surface area (Å²) >= 11 is 0. The highest BCUT2D eigenvalue weighted by Crippen LogP contribution is 2.20. The van der Waals surface area contributed by atoms with Crippen LogP contribution in [-0.2, 0) is 0 Å².